The van der Waals surface area contributed by atoms with Gasteiger partial charge in [-0.3, -0.25) is 4.79 Å². The largest absolute Gasteiger partial charge is 0.478 e. The highest BCUT2D eigenvalue weighted by Gasteiger charge is 2.17. The average Bonchev–Trinajstić information content (AvgIpc) is 3.01. The number of rotatable bonds is 5. The zero-order chi connectivity index (χ0) is 15.4. The van der Waals surface area contributed by atoms with Crippen LogP contribution in [0.3, 0.4) is 0 Å². The molecule has 0 bridgehead atoms. The SMILES string of the molecule is Cc1noc(C)c1C(=O)NCc1cc(C=CC(=O)O)cs1. The van der Waals surface area contributed by atoms with Crippen LogP contribution in [0, 0.1) is 13.8 Å². The molecule has 2 aromatic heterocycles. The van der Waals surface area contributed by atoms with Gasteiger partial charge in [-0.05, 0) is 36.9 Å². The van der Waals surface area contributed by atoms with Gasteiger partial charge in [-0.25, -0.2) is 4.79 Å². The Balaban J connectivity index is 1.97. The number of aromatic nitrogens is 1. The zero-order valence-electron chi connectivity index (χ0n) is 11.5. The van der Waals surface area contributed by atoms with E-state index < -0.39 is 5.97 Å². The fraction of sp³-hybridized carbons (Fsp3) is 0.214. The lowest BCUT2D eigenvalue weighted by Crippen LogP contribution is -2.23. The lowest BCUT2D eigenvalue weighted by molar-refractivity contribution is -0.131. The minimum atomic E-state index is -0.991. The molecule has 7 heteroatoms. The van der Waals surface area contributed by atoms with E-state index in [2.05, 4.69) is 10.5 Å². The first-order chi connectivity index (χ1) is 9.97. The summed E-state index contributed by atoms with van der Waals surface area (Å²) in [5.41, 5.74) is 1.81. The maximum absolute atomic E-state index is 12.0. The third-order valence-corrected chi connectivity index (χ3v) is 3.73. The summed E-state index contributed by atoms with van der Waals surface area (Å²) in [6, 6.07) is 1.83. The topological polar surface area (TPSA) is 92.4 Å². The summed E-state index contributed by atoms with van der Waals surface area (Å²) in [4.78, 5) is 23.4. The lowest BCUT2D eigenvalue weighted by Gasteiger charge is -2.02. The van der Waals surface area contributed by atoms with Gasteiger partial charge in [-0.1, -0.05) is 5.16 Å². The number of carboxylic acids is 1. The van der Waals surface area contributed by atoms with Gasteiger partial charge in [0.2, 0.25) is 0 Å². The molecule has 1 amide bonds. The van der Waals surface area contributed by atoms with Crippen molar-refractivity contribution in [3.05, 3.63) is 45.0 Å². The Kier molecular flexibility index (Phi) is 4.54. The standard InChI is InChI=1S/C14H14N2O4S/c1-8-13(9(2)20-16-8)14(19)15-6-11-5-10(7-21-11)3-4-12(17)18/h3-5,7H,6H2,1-2H3,(H,15,19)(H,17,18). The molecular weight excluding hydrogens is 292 g/mol. The predicted molar refractivity (Wildman–Crippen MR) is 78.1 cm³/mol. The lowest BCUT2D eigenvalue weighted by atomic mass is 10.2. The van der Waals surface area contributed by atoms with Crippen molar-refractivity contribution in [1.82, 2.24) is 10.5 Å². The summed E-state index contributed by atoms with van der Waals surface area (Å²) in [6.45, 7) is 3.77. The molecule has 2 aromatic rings. The smallest absolute Gasteiger partial charge is 0.328 e. The number of carbonyl (C=O) groups excluding carboxylic acids is 1. The van der Waals surface area contributed by atoms with Crippen LogP contribution in [0.25, 0.3) is 6.08 Å². The van der Waals surface area contributed by atoms with Crippen LogP contribution in [0.15, 0.2) is 22.0 Å². The molecular formula is C14H14N2O4S. The molecule has 0 radical (unpaired) electrons. The van der Waals surface area contributed by atoms with E-state index in [1.807, 2.05) is 11.4 Å². The van der Waals surface area contributed by atoms with Gasteiger partial charge in [0.1, 0.15) is 11.3 Å². The van der Waals surface area contributed by atoms with E-state index >= 15 is 0 Å². The maximum atomic E-state index is 12.0. The predicted octanol–water partition coefficient (Wildman–Crippen LogP) is 2.38. The number of nitrogens with zero attached hydrogens (tertiary/aromatic N) is 1. The minimum Gasteiger partial charge on any atom is -0.478 e. The van der Waals surface area contributed by atoms with Gasteiger partial charge in [0.25, 0.3) is 5.91 Å². The van der Waals surface area contributed by atoms with Gasteiger partial charge >= 0.3 is 5.97 Å². The fourth-order valence-electron chi connectivity index (χ4n) is 1.81. The molecule has 2 heterocycles. The monoisotopic (exact) mass is 306 g/mol. The molecule has 0 spiro atoms. The highest BCUT2D eigenvalue weighted by Crippen LogP contribution is 2.17. The van der Waals surface area contributed by atoms with Crippen LogP contribution in [0.1, 0.15) is 32.3 Å². The van der Waals surface area contributed by atoms with Gasteiger partial charge in [-0.15, -0.1) is 11.3 Å². The van der Waals surface area contributed by atoms with Crippen molar-refractivity contribution < 1.29 is 19.2 Å². The van der Waals surface area contributed by atoms with E-state index in [1.54, 1.807) is 13.8 Å². The van der Waals surface area contributed by atoms with Crippen molar-refractivity contribution in [3.8, 4) is 0 Å². The van der Waals surface area contributed by atoms with Crippen LogP contribution in [0.5, 0.6) is 0 Å². The molecule has 0 unspecified atom stereocenters. The molecule has 0 aromatic carbocycles. The molecule has 0 saturated carbocycles. The van der Waals surface area contributed by atoms with Gasteiger partial charge in [0.05, 0.1) is 12.2 Å². The summed E-state index contributed by atoms with van der Waals surface area (Å²) >= 11 is 1.45. The highest BCUT2D eigenvalue weighted by atomic mass is 32.1. The number of aliphatic carboxylic acids is 1. The Hall–Kier alpha value is -2.41. The van der Waals surface area contributed by atoms with E-state index in [-0.39, 0.29) is 5.91 Å². The summed E-state index contributed by atoms with van der Waals surface area (Å²) < 4.78 is 4.95. The van der Waals surface area contributed by atoms with Crippen LogP contribution in [0.4, 0.5) is 0 Å². The van der Waals surface area contributed by atoms with Crippen molar-refractivity contribution in [2.45, 2.75) is 20.4 Å². The second-order valence-corrected chi connectivity index (χ2v) is 5.40. The first-order valence-electron chi connectivity index (χ1n) is 6.17. The molecule has 0 atom stereocenters. The van der Waals surface area contributed by atoms with Crippen LogP contribution in [-0.2, 0) is 11.3 Å². The third-order valence-electron chi connectivity index (χ3n) is 2.78. The summed E-state index contributed by atoms with van der Waals surface area (Å²) in [5.74, 6) is -0.738. The van der Waals surface area contributed by atoms with Crippen LogP contribution >= 0.6 is 11.3 Å². The average molecular weight is 306 g/mol. The number of thiophene rings is 1. The number of carbonyl (C=O) groups is 2. The van der Waals surface area contributed by atoms with Gasteiger partial charge in [-0.2, -0.15) is 0 Å². The zero-order valence-corrected chi connectivity index (χ0v) is 12.4. The van der Waals surface area contributed by atoms with Crippen LogP contribution < -0.4 is 5.32 Å². The van der Waals surface area contributed by atoms with Crippen molar-refractivity contribution in [1.29, 1.82) is 0 Å². The molecule has 2 rings (SSSR count). The Labute approximate surface area is 125 Å². The Bertz CT molecular complexity index is 680. The number of carboxylic acid groups (broad SMARTS) is 1. The Morgan fingerprint density at radius 1 is 1.48 bits per heavy atom. The minimum absolute atomic E-state index is 0.234. The van der Waals surface area contributed by atoms with E-state index in [4.69, 9.17) is 9.63 Å². The number of amides is 1. The van der Waals surface area contributed by atoms with Crippen molar-refractivity contribution >= 4 is 29.3 Å². The van der Waals surface area contributed by atoms with E-state index in [1.165, 1.54) is 17.4 Å². The molecule has 0 aliphatic rings. The van der Waals surface area contributed by atoms with E-state index in [9.17, 15) is 9.59 Å². The van der Waals surface area contributed by atoms with Crippen molar-refractivity contribution in [2.75, 3.05) is 0 Å². The van der Waals surface area contributed by atoms with Crippen molar-refractivity contribution in [3.63, 3.8) is 0 Å². The molecule has 0 fully saturated rings. The second-order valence-electron chi connectivity index (χ2n) is 4.40. The Morgan fingerprint density at radius 2 is 2.24 bits per heavy atom. The quantitative estimate of drug-likeness (QED) is 0.827. The molecule has 0 saturated heterocycles. The fourth-order valence-corrected chi connectivity index (χ4v) is 2.60. The second kappa shape index (κ2) is 6.36. The summed E-state index contributed by atoms with van der Waals surface area (Å²) in [5, 5.41) is 16.9. The molecule has 0 aliphatic carbocycles. The van der Waals surface area contributed by atoms with Gasteiger partial charge in [0.15, 0.2) is 0 Å². The third kappa shape index (κ3) is 3.79. The number of nitrogens with one attached hydrogen (secondary N) is 1. The number of hydrogen-bond donors (Lipinski definition) is 2. The summed E-state index contributed by atoms with van der Waals surface area (Å²) in [6.07, 6.45) is 2.59. The highest BCUT2D eigenvalue weighted by molar-refractivity contribution is 7.10. The van der Waals surface area contributed by atoms with Gasteiger partial charge in [0, 0.05) is 11.0 Å². The van der Waals surface area contributed by atoms with Gasteiger partial charge < -0.3 is 14.9 Å². The summed E-state index contributed by atoms with van der Waals surface area (Å²) in [7, 11) is 0. The Morgan fingerprint density at radius 3 is 2.86 bits per heavy atom. The normalized spacial score (nSPS) is 11.0. The first-order valence-corrected chi connectivity index (χ1v) is 7.05. The van der Waals surface area contributed by atoms with Crippen LogP contribution in [-0.4, -0.2) is 22.1 Å². The van der Waals surface area contributed by atoms with Crippen molar-refractivity contribution in [2.24, 2.45) is 0 Å². The van der Waals surface area contributed by atoms with Crippen LogP contribution in [0.2, 0.25) is 0 Å². The van der Waals surface area contributed by atoms with E-state index in [0.717, 1.165) is 16.5 Å². The number of aryl methyl sites for hydroxylation is 2. The molecule has 6 nitrogen and oxygen atoms in total. The molecule has 0 aliphatic heterocycles. The molecule has 110 valence electrons. The first kappa shape index (κ1) is 15.0. The molecule has 21 heavy (non-hydrogen) atoms. The number of hydrogen-bond acceptors (Lipinski definition) is 5. The maximum Gasteiger partial charge on any atom is 0.328 e. The molecule has 2 N–H and O–H groups in total. The van der Waals surface area contributed by atoms with E-state index in [0.29, 0.717) is 23.6 Å².